The fourth-order valence-electron chi connectivity index (χ4n) is 2.95. The second-order valence-corrected chi connectivity index (χ2v) is 8.09. The Labute approximate surface area is 193 Å². The van der Waals surface area contributed by atoms with Crippen LogP contribution in [0.1, 0.15) is 74.2 Å². The van der Waals surface area contributed by atoms with Crippen LogP contribution in [0.15, 0.2) is 47.6 Å². The molecular formula is C24H28Cl2N2O3. The Morgan fingerprint density at radius 1 is 1.00 bits per heavy atom. The summed E-state index contributed by atoms with van der Waals surface area (Å²) in [6.45, 7) is 2.20. The zero-order valence-electron chi connectivity index (χ0n) is 17.7. The summed E-state index contributed by atoms with van der Waals surface area (Å²) < 4.78 is 5.37. The molecule has 166 valence electrons. The first-order valence-electron chi connectivity index (χ1n) is 10.6. The van der Waals surface area contributed by atoms with Crippen LogP contribution in [0, 0.1) is 0 Å². The number of nitrogens with one attached hydrogen (secondary N) is 1. The molecule has 1 amide bonds. The number of hydrazone groups is 1. The summed E-state index contributed by atoms with van der Waals surface area (Å²) in [7, 11) is 0. The highest BCUT2D eigenvalue weighted by Gasteiger charge is 2.13. The van der Waals surface area contributed by atoms with Crippen molar-refractivity contribution in [3.8, 4) is 5.75 Å². The van der Waals surface area contributed by atoms with Crippen molar-refractivity contribution in [3.63, 3.8) is 0 Å². The zero-order chi connectivity index (χ0) is 22.5. The van der Waals surface area contributed by atoms with E-state index in [9.17, 15) is 9.59 Å². The summed E-state index contributed by atoms with van der Waals surface area (Å²) in [4.78, 5) is 24.2. The molecule has 0 saturated carbocycles. The third-order valence-electron chi connectivity index (χ3n) is 4.63. The molecule has 5 nitrogen and oxygen atoms in total. The maximum absolute atomic E-state index is 12.3. The molecule has 7 heteroatoms. The minimum absolute atomic E-state index is 0.107. The Balaban J connectivity index is 1.77. The van der Waals surface area contributed by atoms with Crippen molar-refractivity contribution in [1.82, 2.24) is 5.43 Å². The standard InChI is InChI=1S/C24H28Cl2N2O3/c1-2-3-4-5-6-7-8-12-23(29)28-27-17-18-10-9-11-20(15-18)31-24(30)21-14-13-19(25)16-22(21)26/h9-11,13-17H,2-8,12H2,1H3,(H,28,29)/b27-17+. The van der Waals surface area contributed by atoms with Crippen molar-refractivity contribution in [2.24, 2.45) is 5.10 Å². The van der Waals surface area contributed by atoms with E-state index in [-0.39, 0.29) is 16.5 Å². The van der Waals surface area contributed by atoms with Gasteiger partial charge in [-0.2, -0.15) is 5.10 Å². The number of rotatable bonds is 12. The van der Waals surface area contributed by atoms with E-state index in [2.05, 4.69) is 17.5 Å². The Morgan fingerprint density at radius 2 is 1.74 bits per heavy atom. The highest BCUT2D eigenvalue weighted by atomic mass is 35.5. The van der Waals surface area contributed by atoms with E-state index in [1.54, 1.807) is 30.3 Å². The van der Waals surface area contributed by atoms with Crippen LogP contribution in [-0.2, 0) is 4.79 Å². The lowest BCUT2D eigenvalue weighted by Crippen LogP contribution is -2.16. The molecule has 0 saturated heterocycles. The number of esters is 1. The Hall–Kier alpha value is -2.37. The predicted molar refractivity (Wildman–Crippen MR) is 126 cm³/mol. The predicted octanol–water partition coefficient (Wildman–Crippen LogP) is 6.80. The number of carbonyl (C=O) groups is 2. The average molecular weight is 463 g/mol. The van der Waals surface area contributed by atoms with Gasteiger partial charge in [-0.3, -0.25) is 4.79 Å². The highest BCUT2D eigenvalue weighted by Crippen LogP contribution is 2.23. The van der Waals surface area contributed by atoms with Gasteiger partial charge < -0.3 is 4.74 Å². The molecule has 0 radical (unpaired) electrons. The van der Waals surface area contributed by atoms with E-state index in [0.29, 0.717) is 22.8 Å². The number of hydrogen-bond acceptors (Lipinski definition) is 4. The largest absolute Gasteiger partial charge is 0.423 e. The van der Waals surface area contributed by atoms with Gasteiger partial charge in [0.15, 0.2) is 0 Å². The fourth-order valence-corrected chi connectivity index (χ4v) is 3.44. The molecule has 0 aromatic heterocycles. The third kappa shape index (κ3) is 9.53. The van der Waals surface area contributed by atoms with Gasteiger partial charge in [0.25, 0.3) is 0 Å². The number of hydrogen-bond donors (Lipinski definition) is 1. The normalized spacial score (nSPS) is 10.9. The van der Waals surface area contributed by atoms with Crippen LogP contribution >= 0.6 is 23.2 Å². The number of ether oxygens (including phenoxy) is 1. The lowest BCUT2D eigenvalue weighted by molar-refractivity contribution is -0.121. The van der Waals surface area contributed by atoms with Crippen molar-refractivity contribution in [2.45, 2.75) is 58.3 Å². The minimum Gasteiger partial charge on any atom is -0.423 e. The smallest absolute Gasteiger partial charge is 0.345 e. The van der Waals surface area contributed by atoms with Crippen LogP contribution in [0.5, 0.6) is 5.75 Å². The van der Waals surface area contributed by atoms with Crippen molar-refractivity contribution < 1.29 is 14.3 Å². The van der Waals surface area contributed by atoms with Gasteiger partial charge in [0, 0.05) is 11.4 Å². The van der Waals surface area contributed by atoms with Gasteiger partial charge in [-0.05, 0) is 42.3 Å². The minimum atomic E-state index is -0.584. The second kappa shape index (κ2) is 13.8. The molecular weight excluding hydrogens is 435 g/mol. The van der Waals surface area contributed by atoms with Crippen LogP contribution in [0.2, 0.25) is 10.0 Å². The number of carbonyl (C=O) groups excluding carboxylic acids is 2. The van der Waals surface area contributed by atoms with Crippen molar-refractivity contribution in [2.75, 3.05) is 0 Å². The SMILES string of the molecule is CCCCCCCCCC(=O)N/N=C/c1cccc(OC(=O)c2ccc(Cl)cc2Cl)c1. The molecule has 0 atom stereocenters. The van der Waals surface area contributed by atoms with Crippen molar-refractivity contribution in [1.29, 1.82) is 0 Å². The molecule has 0 unspecified atom stereocenters. The van der Waals surface area contributed by atoms with E-state index in [1.165, 1.54) is 50.5 Å². The molecule has 2 aromatic rings. The molecule has 0 bridgehead atoms. The van der Waals surface area contributed by atoms with E-state index in [0.717, 1.165) is 12.8 Å². The molecule has 0 fully saturated rings. The third-order valence-corrected chi connectivity index (χ3v) is 5.18. The molecule has 1 N–H and O–H groups in total. The first-order valence-corrected chi connectivity index (χ1v) is 11.3. The van der Waals surface area contributed by atoms with Gasteiger partial charge in [-0.15, -0.1) is 0 Å². The summed E-state index contributed by atoms with van der Waals surface area (Å²) in [5.41, 5.74) is 3.44. The maximum atomic E-state index is 12.3. The summed E-state index contributed by atoms with van der Waals surface area (Å²) in [5, 5.41) is 4.64. The first kappa shape index (κ1) is 24.9. The summed E-state index contributed by atoms with van der Waals surface area (Å²) in [5.74, 6) is -0.349. The van der Waals surface area contributed by atoms with Crippen LogP contribution in [0.4, 0.5) is 0 Å². The van der Waals surface area contributed by atoms with E-state index >= 15 is 0 Å². The van der Waals surface area contributed by atoms with Crippen LogP contribution in [0.25, 0.3) is 0 Å². The fraction of sp³-hybridized carbons (Fsp3) is 0.375. The molecule has 0 heterocycles. The molecule has 31 heavy (non-hydrogen) atoms. The van der Waals surface area contributed by atoms with Crippen LogP contribution in [-0.4, -0.2) is 18.1 Å². The molecule has 2 aromatic carbocycles. The van der Waals surface area contributed by atoms with E-state index in [4.69, 9.17) is 27.9 Å². The Bertz CT molecular complexity index is 900. The highest BCUT2D eigenvalue weighted by molar-refractivity contribution is 6.36. The van der Waals surface area contributed by atoms with Crippen molar-refractivity contribution in [3.05, 3.63) is 63.6 Å². The summed E-state index contributed by atoms with van der Waals surface area (Å²) >= 11 is 11.9. The van der Waals surface area contributed by atoms with Gasteiger partial charge in [-0.1, -0.05) is 80.8 Å². The summed E-state index contributed by atoms with van der Waals surface area (Å²) in [6, 6.07) is 11.4. The topological polar surface area (TPSA) is 67.8 Å². The Morgan fingerprint density at radius 3 is 2.48 bits per heavy atom. The van der Waals surface area contributed by atoms with Gasteiger partial charge in [0.1, 0.15) is 5.75 Å². The molecule has 0 spiro atoms. The van der Waals surface area contributed by atoms with E-state index < -0.39 is 5.97 Å². The Kier molecular flexibility index (Phi) is 11.1. The van der Waals surface area contributed by atoms with Gasteiger partial charge in [0.2, 0.25) is 5.91 Å². The molecule has 0 aliphatic rings. The second-order valence-electron chi connectivity index (χ2n) is 7.25. The number of unbranched alkanes of at least 4 members (excludes halogenated alkanes) is 6. The van der Waals surface area contributed by atoms with Gasteiger partial charge in [-0.25, -0.2) is 10.2 Å². The molecule has 0 aliphatic heterocycles. The first-order chi connectivity index (χ1) is 15.0. The molecule has 0 aliphatic carbocycles. The monoisotopic (exact) mass is 462 g/mol. The zero-order valence-corrected chi connectivity index (χ0v) is 19.2. The average Bonchev–Trinajstić information content (AvgIpc) is 2.73. The van der Waals surface area contributed by atoms with Crippen molar-refractivity contribution >= 4 is 41.3 Å². The van der Waals surface area contributed by atoms with Gasteiger partial charge >= 0.3 is 5.97 Å². The van der Waals surface area contributed by atoms with Gasteiger partial charge in [0.05, 0.1) is 16.8 Å². The molecule has 2 rings (SSSR count). The quantitative estimate of drug-likeness (QED) is 0.124. The number of amides is 1. The van der Waals surface area contributed by atoms with Crippen LogP contribution < -0.4 is 10.2 Å². The van der Waals surface area contributed by atoms with Crippen LogP contribution in [0.3, 0.4) is 0 Å². The van der Waals surface area contributed by atoms with E-state index in [1.807, 2.05) is 0 Å². The number of halogens is 2. The lowest BCUT2D eigenvalue weighted by atomic mass is 10.1. The summed E-state index contributed by atoms with van der Waals surface area (Å²) in [6.07, 6.45) is 10.1. The number of nitrogens with zero attached hydrogens (tertiary/aromatic N) is 1. The maximum Gasteiger partial charge on any atom is 0.345 e. The number of benzene rings is 2. The lowest BCUT2D eigenvalue weighted by Gasteiger charge is -2.07.